The lowest BCUT2D eigenvalue weighted by atomic mass is 9.95. The number of benzene rings is 1. The maximum Gasteiger partial charge on any atom is 0.225 e. The predicted octanol–water partition coefficient (Wildman–Crippen LogP) is 3.03. The van der Waals surface area contributed by atoms with Gasteiger partial charge in [-0.2, -0.15) is 0 Å². The van der Waals surface area contributed by atoms with Crippen LogP contribution in [-0.4, -0.2) is 18.1 Å². The van der Waals surface area contributed by atoms with Crippen LogP contribution in [0.5, 0.6) is 5.75 Å². The highest BCUT2D eigenvalue weighted by molar-refractivity contribution is 5.82. The third-order valence-electron chi connectivity index (χ3n) is 4.18. The molecule has 1 fully saturated rings. The molecule has 108 valence electrons. The third kappa shape index (κ3) is 2.41. The maximum atomic E-state index is 12.0. The molecule has 3 nitrogen and oxygen atoms in total. The van der Waals surface area contributed by atoms with Crippen LogP contribution in [0.2, 0.25) is 0 Å². The minimum atomic E-state index is -0.316. The molecule has 1 aliphatic carbocycles. The zero-order valence-corrected chi connectivity index (χ0v) is 12.7. The van der Waals surface area contributed by atoms with E-state index in [1.165, 1.54) is 11.1 Å². The Labute approximate surface area is 120 Å². The van der Waals surface area contributed by atoms with Crippen molar-refractivity contribution >= 4 is 5.91 Å². The van der Waals surface area contributed by atoms with Crippen LogP contribution in [0.15, 0.2) is 18.2 Å². The average Bonchev–Trinajstić information content (AvgIpc) is 2.98. The van der Waals surface area contributed by atoms with Gasteiger partial charge in [-0.05, 0) is 25.0 Å². The van der Waals surface area contributed by atoms with Crippen LogP contribution in [0.4, 0.5) is 0 Å². The summed E-state index contributed by atoms with van der Waals surface area (Å²) in [4.78, 5) is 12.0. The molecule has 0 bridgehead atoms. The zero-order chi connectivity index (χ0) is 14.5. The van der Waals surface area contributed by atoms with Gasteiger partial charge in [-0.1, -0.05) is 32.9 Å². The molecule has 3 rings (SSSR count). The first-order valence-corrected chi connectivity index (χ1v) is 7.45. The molecule has 1 aromatic carbocycles. The second-order valence-electron chi connectivity index (χ2n) is 7.13. The lowest BCUT2D eigenvalue weighted by molar-refractivity contribution is -0.128. The molecule has 0 spiro atoms. The Bertz CT molecular complexity index is 544. The van der Waals surface area contributed by atoms with E-state index in [-0.39, 0.29) is 17.4 Å². The summed E-state index contributed by atoms with van der Waals surface area (Å²) < 4.78 is 5.81. The van der Waals surface area contributed by atoms with Gasteiger partial charge in [0.05, 0.1) is 0 Å². The number of amides is 1. The van der Waals surface area contributed by atoms with Crippen LogP contribution in [0.3, 0.4) is 0 Å². The van der Waals surface area contributed by atoms with Gasteiger partial charge in [0, 0.05) is 29.4 Å². The molecule has 1 N–H and O–H groups in total. The molecular weight excluding hydrogens is 250 g/mol. The van der Waals surface area contributed by atoms with Crippen molar-refractivity contribution in [3.63, 3.8) is 0 Å². The standard InChI is InChI=1S/C17H23NO2/c1-10-8-13-11(6-5-7-15(13)20-10)12-9-14(12)18-16(19)17(2,3)4/h5-7,10,12,14H,8-9H2,1-4H3,(H,18,19). The van der Waals surface area contributed by atoms with Crippen LogP contribution in [0.1, 0.15) is 51.2 Å². The molecular formula is C17H23NO2. The number of hydrogen-bond acceptors (Lipinski definition) is 2. The summed E-state index contributed by atoms with van der Waals surface area (Å²) >= 11 is 0. The predicted molar refractivity (Wildman–Crippen MR) is 79.0 cm³/mol. The molecule has 3 unspecified atom stereocenters. The molecule has 1 saturated carbocycles. The van der Waals surface area contributed by atoms with Crippen LogP contribution in [0, 0.1) is 5.41 Å². The van der Waals surface area contributed by atoms with Crippen molar-refractivity contribution in [3.05, 3.63) is 29.3 Å². The minimum Gasteiger partial charge on any atom is -0.490 e. The quantitative estimate of drug-likeness (QED) is 0.899. The Morgan fingerprint density at radius 1 is 1.35 bits per heavy atom. The molecule has 3 atom stereocenters. The topological polar surface area (TPSA) is 38.3 Å². The van der Waals surface area contributed by atoms with E-state index in [0.29, 0.717) is 12.0 Å². The second kappa shape index (κ2) is 4.51. The number of hydrogen-bond donors (Lipinski definition) is 1. The van der Waals surface area contributed by atoms with E-state index in [1.54, 1.807) is 0 Å². The van der Waals surface area contributed by atoms with Gasteiger partial charge in [-0.15, -0.1) is 0 Å². The van der Waals surface area contributed by atoms with Gasteiger partial charge in [-0.3, -0.25) is 4.79 Å². The number of rotatable bonds is 2. The second-order valence-corrected chi connectivity index (χ2v) is 7.13. The van der Waals surface area contributed by atoms with Crippen LogP contribution in [0.25, 0.3) is 0 Å². The SMILES string of the molecule is CC1Cc2c(cccc2C2CC2NC(=O)C(C)(C)C)O1. The minimum absolute atomic E-state index is 0.141. The molecule has 1 aromatic rings. The highest BCUT2D eigenvalue weighted by Gasteiger charge is 2.43. The summed E-state index contributed by atoms with van der Waals surface area (Å²) in [6.45, 7) is 7.97. The molecule has 20 heavy (non-hydrogen) atoms. The Balaban J connectivity index is 1.72. The molecule has 0 saturated heterocycles. The van der Waals surface area contributed by atoms with E-state index in [9.17, 15) is 4.79 Å². The average molecular weight is 273 g/mol. The fraction of sp³-hybridized carbons (Fsp3) is 0.588. The molecule has 3 heteroatoms. The number of nitrogens with one attached hydrogen (secondary N) is 1. The normalized spacial score (nSPS) is 27.7. The zero-order valence-electron chi connectivity index (χ0n) is 12.7. The van der Waals surface area contributed by atoms with Gasteiger partial charge in [0.15, 0.2) is 0 Å². The van der Waals surface area contributed by atoms with E-state index < -0.39 is 0 Å². The molecule has 0 radical (unpaired) electrons. The van der Waals surface area contributed by atoms with Gasteiger partial charge < -0.3 is 10.1 Å². The first-order chi connectivity index (χ1) is 9.36. The molecule has 1 amide bonds. The third-order valence-corrected chi connectivity index (χ3v) is 4.18. The molecule has 2 aliphatic rings. The van der Waals surface area contributed by atoms with Crippen LogP contribution < -0.4 is 10.1 Å². The van der Waals surface area contributed by atoms with Crippen molar-refractivity contribution in [1.29, 1.82) is 0 Å². The van der Waals surface area contributed by atoms with E-state index in [1.807, 2.05) is 26.8 Å². The Hall–Kier alpha value is -1.51. The van der Waals surface area contributed by atoms with Crippen molar-refractivity contribution in [2.75, 3.05) is 0 Å². The van der Waals surface area contributed by atoms with E-state index >= 15 is 0 Å². The van der Waals surface area contributed by atoms with E-state index in [0.717, 1.165) is 18.6 Å². The van der Waals surface area contributed by atoms with Gasteiger partial charge >= 0.3 is 0 Å². The largest absolute Gasteiger partial charge is 0.490 e. The van der Waals surface area contributed by atoms with E-state index in [2.05, 4.69) is 24.4 Å². The number of carbonyl (C=O) groups excluding carboxylic acids is 1. The van der Waals surface area contributed by atoms with Gasteiger partial charge in [-0.25, -0.2) is 0 Å². The van der Waals surface area contributed by atoms with Gasteiger partial charge in [0.1, 0.15) is 11.9 Å². The monoisotopic (exact) mass is 273 g/mol. The fourth-order valence-electron chi connectivity index (χ4n) is 2.89. The number of fused-ring (bicyclic) bond motifs is 1. The summed E-state index contributed by atoms with van der Waals surface area (Å²) in [6.07, 6.45) is 2.31. The van der Waals surface area contributed by atoms with Crippen molar-refractivity contribution in [3.8, 4) is 5.75 Å². The highest BCUT2D eigenvalue weighted by Crippen LogP contribution is 2.46. The summed E-state index contributed by atoms with van der Waals surface area (Å²) in [5.74, 6) is 1.63. The Morgan fingerprint density at radius 3 is 2.80 bits per heavy atom. The smallest absolute Gasteiger partial charge is 0.225 e. The first kappa shape index (κ1) is 13.5. The maximum absolute atomic E-state index is 12.0. The Kier molecular flexibility index (Phi) is 3.03. The fourth-order valence-corrected chi connectivity index (χ4v) is 2.89. The molecule has 1 aliphatic heterocycles. The van der Waals surface area contributed by atoms with Crippen molar-refractivity contribution in [2.24, 2.45) is 5.41 Å². The summed E-state index contributed by atoms with van der Waals surface area (Å²) in [6, 6.07) is 6.60. The van der Waals surface area contributed by atoms with Crippen LogP contribution >= 0.6 is 0 Å². The Morgan fingerprint density at radius 2 is 2.10 bits per heavy atom. The molecule has 0 aromatic heterocycles. The van der Waals surface area contributed by atoms with Crippen molar-refractivity contribution < 1.29 is 9.53 Å². The lowest BCUT2D eigenvalue weighted by Crippen LogP contribution is -2.36. The number of carbonyl (C=O) groups is 1. The van der Waals surface area contributed by atoms with Crippen molar-refractivity contribution in [2.45, 2.75) is 58.6 Å². The summed E-state index contributed by atoms with van der Waals surface area (Å²) in [5.41, 5.74) is 2.40. The summed E-state index contributed by atoms with van der Waals surface area (Å²) in [7, 11) is 0. The molecule has 1 heterocycles. The number of ether oxygens (including phenoxy) is 1. The van der Waals surface area contributed by atoms with Gasteiger partial charge in [0.25, 0.3) is 0 Å². The van der Waals surface area contributed by atoms with Gasteiger partial charge in [0.2, 0.25) is 5.91 Å². The first-order valence-electron chi connectivity index (χ1n) is 7.45. The highest BCUT2D eigenvalue weighted by atomic mass is 16.5. The summed E-state index contributed by atoms with van der Waals surface area (Å²) in [5, 5.41) is 3.17. The van der Waals surface area contributed by atoms with Crippen LogP contribution in [-0.2, 0) is 11.2 Å². The van der Waals surface area contributed by atoms with E-state index in [4.69, 9.17) is 4.74 Å². The lowest BCUT2D eigenvalue weighted by Gasteiger charge is -2.18. The van der Waals surface area contributed by atoms with Crippen molar-refractivity contribution in [1.82, 2.24) is 5.32 Å².